The molecule has 13 heteroatoms. The van der Waals surface area contributed by atoms with E-state index < -0.39 is 79.1 Å². The molecule has 3 saturated carbocycles. The van der Waals surface area contributed by atoms with Crippen LogP contribution in [0.4, 0.5) is 0 Å². The molecule has 3 aliphatic carbocycles. The van der Waals surface area contributed by atoms with Crippen molar-refractivity contribution >= 4 is 19.1 Å². The number of rotatable bonds is 21. The standard InChI is InChI=1S/C61H115N2O10P/c1-11-52-61(8,70)56(67)47(6)63(42-43(2)41-60(7,69)57(45(4)54(65)46(5)58(68)72-52)73-59-55(66)51(62(9)10)40-44(3)71-59)53(64)38-30-19-17-15-13-12-14-16-18-20-31-39-74(48-32-24-21-25-33-48,49-34-26-22-27-35-49)50-36-28-23-29-37-50/h43-52,54-57,59,65-67,69-70,74H,11-42H2,1-10H3/t43-,44-,45+,46-,47-,51+,52-,54+,55-,56-,57-,59+,60-,61-/m1/s1. The number of hydrogen-bond acceptors (Lipinski definition) is 11. The third kappa shape index (κ3) is 17.0. The third-order valence-corrected chi connectivity index (χ3v) is 27.6. The quantitative estimate of drug-likeness (QED) is 0.0421. The predicted molar refractivity (Wildman–Crippen MR) is 303 cm³/mol. The van der Waals surface area contributed by atoms with Gasteiger partial charge in [-0.1, -0.05) is 20.8 Å². The van der Waals surface area contributed by atoms with E-state index in [2.05, 4.69) is 0 Å². The van der Waals surface area contributed by atoms with Gasteiger partial charge in [0.1, 0.15) is 23.9 Å². The maximum absolute atomic E-state index is 14.3. The minimum Gasteiger partial charge on any atom is -0.388 e. The number of esters is 1. The van der Waals surface area contributed by atoms with Crippen molar-refractivity contribution < 1.29 is 49.3 Å². The maximum Gasteiger partial charge on any atom is 0.126 e. The molecule has 0 unspecified atom stereocenters. The van der Waals surface area contributed by atoms with Gasteiger partial charge in [0.05, 0.1) is 35.9 Å². The predicted octanol–water partition coefficient (Wildman–Crippen LogP) is 11.3. The summed E-state index contributed by atoms with van der Waals surface area (Å²) in [5.74, 6) is -3.22. The van der Waals surface area contributed by atoms with Crippen LogP contribution in [-0.2, 0) is 23.8 Å². The molecule has 0 aromatic carbocycles. The minimum absolute atomic E-state index is 0.118. The van der Waals surface area contributed by atoms with Gasteiger partial charge in [0.2, 0.25) is 5.91 Å². The van der Waals surface area contributed by atoms with Crippen LogP contribution in [0.3, 0.4) is 0 Å². The normalized spacial score (nSPS) is 36.8. The Kier molecular flexibility index (Phi) is 26.4. The van der Waals surface area contributed by atoms with Gasteiger partial charge in [-0.15, -0.1) is 0 Å². The summed E-state index contributed by atoms with van der Waals surface area (Å²) in [4.78, 5) is 31.7. The number of amides is 1. The number of carbonyl (C=O) groups excluding carboxylic acids is 2. The fourth-order valence-electron chi connectivity index (χ4n) is 15.8. The molecule has 5 fully saturated rings. The van der Waals surface area contributed by atoms with E-state index in [-0.39, 0.29) is 49.8 Å². The molecule has 12 nitrogen and oxygen atoms in total. The Hall–Kier alpha value is -0.950. The van der Waals surface area contributed by atoms with Crippen LogP contribution >= 0.6 is 7.26 Å². The molecule has 5 aliphatic rings. The Morgan fingerprint density at radius 2 is 1.19 bits per heavy atom. The fraction of sp³-hybridized carbons (Fsp3) is 0.967. The number of carbonyl (C=O) groups is 2. The molecule has 0 bridgehead atoms. The monoisotopic (exact) mass is 1070 g/mol. The van der Waals surface area contributed by atoms with Crippen molar-refractivity contribution in [3.05, 3.63) is 0 Å². The molecule has 434 valence electrons. The average molecular weight is 1070 g/mol. The van der Waals surface area contributed by atoms with Crippen LogP contribution in [0.1, 0.15) is 248 Å². The Bertz CT molecular complexity index is 1570. The number of ether oxygens (including phenoxy) is 3. The SMILES string of the molecule is CC[C@H]1OC(=O)[C@H](C)[C@@H](O)[C@H](C)[C@@H](O[C@@H]2O[C@H](C)C[C@H](N(C)C)[C@H]2O)[C@](C)(O)C[C@@H](C)CN(C(=O)CCCCCCCCCCCCC[PH](C2CCCCC2)(C2CCCCC2)C2CCCCC2)[C@H](C)[C@@H](O)[C@]1(C)O. The molecule has 74 heavy (non-hydrogen) atoms. The van der Waals surface area contributed by atoms with Gasteiger partial charge in [-0.2, -0.15) is 0 Å². The van der Waals surface area contributed by atoms with Crippen LogP contribution in [0.25, 0.3) is 0 Å². The topological polar surface area (TPSA) is 169 Å². The van der Waals surface area contributed by atoms with Crippen molar-refractivity contribution in [2.45, 2.75) is 331 Å². The van der Waals surface area contributed by atoms with Crippen LogP contribution in [-0.4, -0.2) is 157 Å². The molecule has 5 N–H and O–H groups in total. The van der Waals surface area contributed by atoms with E-state index in [4.69, 9.17) is 14.2 Å². The van der Waals surface area contributed by atoms with Crippen molar-refractivity contribution in [3.8, 4) is 0 Å². The Morgan fingerprint density at radius 3 is 1.66 bits per heavy atom. The molecule has 14 atom stereocenters. The summed E-state index contributed by atoms with van der Waals surface area (Å²) in [6.45, 7) is 13.8. The van der Waals surface area contributed by atoms with E-state index in [0.29, 0.717) is 12.8 Å². The molecule has 5 rings (SSSR count). The number of aliphatic hydroxyl groups is 5. The van der Waals surface area contributed by atoms with E-state index in [1.807, 2.05) is 32.8 Å². The molecule has 2 heterocycles. The summed E-state index contributed by atoms with van der Waals surface area (Å²) in [5, 5.41) is 59.6. The summed E-state index contributed by atoms with van der Waals surface area (Å²) < 4.78 is 18.6. The first-order valence-corrected chi connectivity index (χ1v) is 33.6. The molecule has 0 aromatic rings. The van der Waals surface area contributed by atoms with E-state index in [9.17, 15) is 35.1 Å². The summed E-state index contributed by atoms with van der Waals surface area (Å²) in [7, 11) is 2.40. The molecule has 2 aliphatic heterocycles. The number of aliphatic hydroxyl groups excluding tert-OH is 3. The molecule has 0 radical (unpaired) electrons. The Labute approximate surface area is 452 Å². The van der Waals surface area contributed by atoms with Gasteiger partial charge in [-0.25, -0.2) is 0 Å². The molecule has 0 spiro atoms. The van der Waals surface area contributed by atoms with Gasteiger partial charge in [-0.3, -0.25) is 9.59 Å². The number of likely N-dealkylation sites (N-methyl/N-ethyl adjacent to an activating group) is 1. The van der Waals surface area contributed by atoms with Gasteiger partial charge in [0.15, 0.2) is 6.29 Å². The first-order chi connectivity index (χ1) is 35.2. The van der Waals surface area contributed by atoms with E-state index >= 15 is 0 Å². The Balaban J connectivity index is 1.14. The summed E-state index contributed by atoms with van der Waals surface area (Å²) in [5.41, 5.74) is -0.202. The van der Waals surface area contributed by atoms with Crippen molar-refractivity contribution in [2.24, 2.45) is 17.8 Å². The minimum atomic E-state index is -1.93. The first-order valence-electron chi connectivity index (χ1n) is 31.1. The van der Waals surface area contributed by atoms with Crippen LogP contribution < -0.4 is 0 Å². The van der Waals surface area contributed by atoms with Crippen molar-refractivity contribution in [1.82, 2.24) is 9.80 Å². The summed E-state index contributed by atoms with van der Waals surface area (Å²) >= 11 is 0. The first kappa shape index (κ1) is 63.9. The number of unbranched alkanes of at least 4 members (excludes halogenated alkanes) is 10. The smallest absolute Gasteiger partial charge is 0.126 e. The molecule has 1 amide bonds. The summed E-state index contributed by atoms with van der Waals surface area (Å²) in [6, 6.07) is -1.14. The number of hydrogen-bond donors (Lipinski definition) is 5. The number of nitrogens with zero attached hydrogens (tertiary/aromatic N) is 2. The second kappa shape index (κ2) is 30.6. The maximum atomic E-state index is 14.3. The van der Waals surface area contributed by atoms with Crippen molar-refractivity contribution in [2.75, 3.05) is 26.8 Å². The zero-order valence-electron chi connectivity index (χ0n) is 49.0. The zero-order valence-corrected chi connectivity index (χ0v) is 50.0. The van der Waals surface area contributed by atoms with Gasteiger partial charge in [0.25, 0.3) is 0 Å². The third-order valence-electron chi connectivity index (χ3n) is 20.1. The largest absolute Gasteiger partial charge is 0.388 e. The average Bonchev–Trinajstić information content (AvgIpc) is 3.38. The fourth-order valence-corrected chi connectivity index (χ4v) is 24.4. The molecular weight excluding hydrogens is 952 g/mol. The van der Waals surface area contributed by atoms with Crippen molar-refractivity contribution in [1.29, 1.82) is 0 Å². The van der Waals surface area contributed by atoms with Gasteiger partial charge in [0, 0.05) is 24.9 Å². The van der Waals surface area contributed by atoms with Crippen LogP contribution in [0.15, 0.2) is 0 Å². The van der Waals surface area contributed by atoms with Crippen LogP contribution in [0.5, 0.6) is 0 Å². The molecule has 2 saturated heterocycles. The molecular formula is C61H115N2O10P. The van der Waals surface area contributed by atoms with Crippen LogP contribution in [0.2, 0.25) is 0 Å². The molecule has 0 aromatic heterocycles. The zero-order chi connectivity index (χ0) is 54.2. The second-order valence-corrected chi connectivity index (χ2v) is 31.4. The van der Waals surface area contributed by atoms with Gasteiger partial charge < -0.3 is 49.5 Å². The second-order valence-electron chi connectivity index (χ2n) is 26.2. The Morgan fingerprint density at radius 1 is 0.716 bits per heavy atom. The van der Waals surface area contributed by atoms with E-state index in [0.717, 1.165) is 36.2 Å². The van der Waals surface area contributed by atoms with E-state index in [1.165, 1.54) is 117 Å². The van der Waals surface area contributed by atoms with Gasteiger partial charge >= 0.3 is 203 Å². The van der Waals surface area contributed by atoms with E-state index in [1.54, 1.807) is 77.3 Å². The summed E-state index contributed by atoms with van der Waals surface area (Å²) in [6.07, 6.45) is 31.5. The van der Waals surface area contributed by atoms with Crippen molar-refractivity contribution in [3.63, 3.8) is 0 Å². The van der Waals surface area contributed by atoms with Crippen LogP contribution in [0, 0.1) is 17.8 Å². The number of cyclic esters (lactones) is 1. The van der Waals surface area contributed by atoms with Gasteiger partial charge in [-0.05, 0) is 73.9 Å².